The van der Waals surface area contributed by atoms with Gasteiger partial charge in [-0.05, 0) is 42.7 Å². The molecule has 1 unspecified atom stereocenters. The minimum absolute atomic E-state index is 0.116. The number of hydrogen-bond donors (Lipinski definition) is 1. The van der Waals surface area contributed by atoms with Crippen molar-refractivity contribution in [3.63, 3.8) is 0 Å². The van der Waals surface area contributed by atoms with Crippen LogP contribution in [0, 0.1) is 0 Å². The van der Waals surface area contributed by atoms with Crippen molar-refractivity contribution in [3.8, 4) is 0 Å². The van der Waals surface area contributed by atoms with E-state index in [1.54, 1.807) is 0 Å². The molecule has 0 aliphatic rings. The zero-order chi connectivity index (χ0) is 15.4. The van der Waals surface area contributed by atoms with Crippen molar-refractivity contribution in [2.24, 2.45) is 5.73 Å². The van der Waals surface area contributed by atoms with Crippen molar-refractivity contribution in [2.45, 2.75) is 32.4 Å². The maximum Gasteiger partial charge on any atom is 0.0525 e. The van der Waals surface area contributed by atoms with Crippen LogP contribution in [0.25, 0.3) is 0 Å². The molecule has 0 heterocycles. The Morgan fingerprint density at radius 2 is 1.71 bits per heavy atom. The summed E-state index contributed by atoms with van der Waals surface area (Å²) in [6.45, 7) is 4.26. The Morgan fingerprint density at radius 3 is 2.29 bits per heavy atom. The van der Waals surface area contributed by atoms with Gasteiger partial charge in [-0.1, -0.05) is 48.9 Å². The molecule has 0 aliphatic heterocycles. The van der Waals surface area contributed by atoms with E-state index in [0.29, 0.717) is 0 Å². The van der Waals surface area contributed by atoms with E-state index < -0.39 is 0 Å². The molecule has 0 spiro atoms. The van der Waals surface area contributed by atoms with Crippen LogP contribution in [0.3, 0.4) is 0 Å². The molecule has 0 bridgehead atoms. The highest BCUT2D eigenvalue weighted by molar-refractivity contribution is 6.31. The van der Waals surface area contributed by atoms with Crippen molar-refractivity contribution < 1.29 is 0 Å². The summed E-state index contributed by atoms with van der Waals surface area (Å²) in [4.78, 5) is 2.22. The number of nitrogens with zero attached hydrogens (tertiary/aromatic N) is 1. The van der Waals surface area contributed by atoms with Crippen molar-refractivity contribution in [3.05, 3.63) is 64.7 Å². The Bertz CT molecular complexity index is 580. The van der Waals surface area contributed by atoms with Crippen LogP contribution < -0.4 is 10.6 Å². The van der Waals surface area contributed by atoms with E-state index in [9.17, 15) is 0 Å². The van der Waals surface area contributed by atoms with E-state index in [1.165, 1.54) is 5.56 Å². The molecule has 3 heteroatoms. The summed E-state index contributed by atoms with van der Waals surface area (Å²) in [6.07, 6.45) is 0.950. The van der Waals surface area contributed by atoms with Crippen LogP contribution in [-0.2, 0) is 0 Å². The smallest absolute Gasteiger partial charge is 0.0525 e. The highest BCUT2D eigenvalue weighted by atomic mass is 35.5. The van der Waals surface area contributed by atoms with Gasteiger partial charge in [0.25, 0.3) is 0 Å². The van der Waals surface area contributed by atoms with Crippen LogP contribution in [0.1, 0.15) is 43.5 Å². The first-order chi connectivity index (χ1) is 10.0. The summed E-state index contributed by atoms with van der Waals surface area (Å²) in [5.41, 5.74) is 9.54. The zero-order valence-corrected chi connectivity index (χ0v) is 13.6. The van der Waals surface area contributed by atoms with Crippen LogP contribution in [0.15, 0.2) is 48.5 Å². The standard InChI is InChI=1S/C18H23ClN2/c1-4-18(20)14-9-11-15(12-10-14)21(3)13(2)16-7-5-6-8-17(16)19/h5-13,18H,4,20H2,1-3H3/t13?,18-/m1/s1. The molecule has 0 fully saturated rings. The summed E-state index contributed by atoms with van der Waals surface area (Å²) >= 11 is 6.29. The Labute approximate surface area is 132 Å². The second-order valence-corrected chi connectivity index (χ2v) is 5.82. The Balaban J connectivity index is 2.20. The SMILES string of the molecule is CC[C@@H](N)c1ccc(N(C)C(C)c2ccccc2Cl)cc1. The van der Waals surface area contributed by atoms with E-state index in [2.05, 4.69) is 56.1 Å². The third-order valence-corrected chi connectivity index (χ3v) is 4.45. The van der Waals surface area contributed by atoms with E-state index >= 15 is 0 Å². The lowest BCUT2D eigenvalue weighted by molar-refractivity contribution is 0.697. The molecule has 112 valence electrons. The van der Waals surface area contributed by atoms with Crippen LogP contribution in [0.2, 0.25) is 5.02 Å². The zero-order valence-electron chi connectivity index (χ0n) is 12.9. The fourth-order valence-corrected chi connectivity index (χ4v) is 2.73. The molecule has 2 nitrogen and oxygen atoms in total. The summed E-state index contributed by atoms with van der Waals surface area (Å²) < 4.78 is 0. The third-order valence-electron chi connectivity index (χ3n) is 4.10. The number of anilines is 1. The molecule has 0 saturated heterocycles. The summed E-state index contributed by atoms with van der Waals surface area (Å²) in [7, 11) is 2.09. The van der Waals surface area contributed by atoms with Gasteiger partial charge < -0.3 is 10.6 Å². The number of nitrogens with two attached hydrogens (primary N) is 1. The maximum absolute atomic E-state index is 6.29. The predicted octanol–water partition coefficient (Wildman–Crippen LogP) is 4.95. The van der Waals surface area contributed by atoms with Crippen molar-refractivity contribution in [1.29, 1.82) is 0 Å². The van der Waals surface area contributed by atoms with Gasteiger partial charge in [0.05, 0.1) is 6.04 Å². The van der Waals surface area contributed by atoms with Gasteiger partial charge in [-0.25, -0.2) is 0 Å². The van der Waals surface area contributed by atoms with E-state index in [1.807, 2.05) is 18.2 Å². The van der Waals surface area contributed by atoms with Gasteiger partial charge in [-0.15, -0.1) is 0 Å². The fraction of sp³-hybridized carbons (Fsp3) is 0.333. The highest BCUT2D eigenvalue weighted by Crippen LogP contribution is 2.30. The molecular weight excluding hydrogens is 280 g/mol. The van der Waals surface area contributed by atoms with Gasteiger partial charge in [0.1, 0.15) is 0 Å². The summed E-state index contributed by atoms with van der Waals surface area (Å²) in [6, 6.07) is 16.8. The summed E-state index contributed by atoms with van der Waals surface area (Å²) in [5, 5.41) is 0.807. The lowest BCUT2D eigenvalue weighted by Crippen LogP contribution is -2.22. The second-order valence-electron chi connectivity index (χ2n) is 5.41. The molecule has 2 aromatic rings. The number of hydrogen-bond acceptors (Lipinski definition) is 2. The van der Waals surface area contributed by atoms with E-state index in [4.69, 9.17) is 17.3 Å². The molecule has 0 saturated carbocycles. The van der Waals surface area contributed by atoms with E-state index in [-0.39, 0.29) is 12.1 Å². The average Bonchev–Trinajstić information content (AvgIpc) is 2.53. The molecular formula is C18H23ClN2. The molecule has 2 N–H and O–H groups in total. The number of benzene rings is 2. The molecule has 0 aromatic heterocycles. The lowest BCUT2D eigenvalue weighted by Gasteiger charge is -2.28. The molecule has 0 radical (unpaired) electrons. The average molecular weight is 303 g/mol. The normalized spacial score (nSPS) is 13.8. The van der Waals surface area contributed by atoms with Crippen LogP contribution in [0.4, 0.5) is 5.69 Å². The van der Waals surface area contributed by atoms with E-state index in [0.717, 1.165) is 22.7 Å². The van der Waals surface area contributed by atoms with Gasteiger partial charge in [0.15, 0.2) is 0 Å². The van der Waals surface area contributed by atoms with Gasteiger partial charge >= 0.3 is 0 Å². The van der Waals surface area contributed by atoms with Gasteiger partial charge in [0.2, 0.25) is 0 Å². The molecule has 21 heavy (non-hydrogen) atoms. The molecule has 0 amide bonds. The van der Waals surface area contributed by atoms with Crippen molar-refractivity contribution in [1.82, 2.24) is 0 Å². The molecule has 0 aliphatic carbocycles. The lowest BCUT2D eigenvalue weighted by atomic mass is 10.0. The Kier molecular flexibility index (Phi) is 5.27. The Morgan fingerprint density at radius 1 is 1.10 bits per heavy atom. The van der Waals surface area contributed by atoms with Gasteiger partial charge in [-0.2, -0.15) is 0 Å². The predicted molar refractivity (Wildman–Crippen MR) is 91.9 cm³/mol. The minimum atomic E-state index is 0.116. The fourth-order valence-electron chi connectivity index (χ4n) is 2.44. The second kappa shape index (κ2) is 6.97. The quantitative estimate of drug-likeness (QED) is 0.847. The first-order valence-corrected chi connectivity index (χ1v) is 7.75. The summed E-state index contributed by atoms with van der Waals surface area (Å²) in [5.74, 6) is 0. The van der Waals surface area contributed by atoms with Gasteiger partial charge in [-0.3, -0.25) is 0 Å². The van der Waals surface area contributed by atoms with Crippen LogP contribution >= 0.6 is 11.6 Å². The minimum Gasteiger partial charge on any atom is -0.368 e. The molecule has 2 rings (SSSR count). The van der Waals surface area contributed by atoms with Gasteiger partial charge in [0, 0.05) is 23.8 Å². The third kappa shape index (κ3) is 3.58. The van der Waals surface area contributed by atoms with Crippen LogP contribution in [0.5, 0.6) is 0 Å². The van der Waals surface area contributed by atoms with Crippen molar-refractivity contribution in [2.75, 3.05) is 11.9 Å². The largest absolute Gasteiger partial charge is 0.368 e. The monoisotopic (exact) mass is 302 g/mol. The number of rotatable bonds is 5. The number of halogens is 1. The first-order valence-electron chi connectivity index (χ1n) is 7.37. The molecule has 2 aromatic carbocycles. The van der Waals surface area contributed by atoms with Crippen LogP contribution in [-0.4, -0.2) is 7.05 Å². The Hall–Kier alpha value is -1.51. The highest BCUT2D eigenvalue weighted by Gasteiger charge is 2.15. The van der Waals surface area contributed by atoms with Crippen molar-refractivity contribution >= 4 is 17.3 Å². The molecule has 2 atom stereocenters. The topological polar surface area (TPSA) is 29.3 Å². The maximum atomic E-state index is 6.29. The first kappa shape index (κ1) is 15.9.